The van der Waals surface area contributed by atoms with Crippen LogP contribution < -0.4 is 9.64 Å². The van der Waals surface area contributed by atoms with Crippen molar-refractivity contribution in [1.82, 2.24) is 9.55 Å². The van der Waals surface area contributed by atoms with Gasteiger partial charge in [0.05, 0.1) is 17.6 Å². The van der Waals surface area contributed by atoms with E-state index in [0.717, 1.165) is 52.2 Å². The maximum absolute atomic E-state index is 12.9. The fourth-order valence-electron chi connectivity index (χ4n) is 4.93. The molecule has 1 atom stereocenters. The largest absolute Gasteiger partial charge is 0.494 e. The molecule has 1 aromatic heterocycles. The summed E-state index contributed by atoms with van der Waals surface area (Å²) >= 11 is 3.52. The summed E-state index contributed by atoms with van der Waals surface area (Å²) in [6.45, 7) is 6.58. The lowest BCUT2D eigenvalue weighted by Gasteiger charge is -2.18. The summed E-state index contributed by atoms with van der Waals surface area (Å²) in [6, 6.07) is 24.6. The third-order valence-electron chi connectivity index (χ3n) is 6.89. The maximum atomic E-state index is 12.9. The molecular formula is C30H32BrN3O2. The lowest BCUT2D eigenvalue weighted by Crippen LogP contribution is -2.24. The number of fused-ring (bicyclic) bond motifs is 1. The van der Waals surface area contributed by atoms with Gasteiger partial charge in [0, 0.05) is 35.6 Å². The summed E-state index contributed by atoms with van der Waals surface area (Å²) in [5, 5.41) is 0. The third-order valence-corrected chi connectivity index (χ3v) is 7.38. The number of imidazole rings is 1. The third kappa shape index (κ3) is 5.34. The van der Waals surface area contributed by atoms with Crippen LogP contribution in [-0.4, -0.2) is 28.6 Å². The van der Waals surface area contributed by atoms with Gasteiger partial charge >= 0.3 is 0 Å². The Morgan fingerprint density at radius 1 is 1.03 bits per heavy atom. The number of anilines is 1. The smallest absolute Gasteiger partial charge is 0.227 e. The molecule has 1 unspecified atom stereocenters. The first-order chi connectivity index (χ1) is 17.5. The SMILES string of the molecule is CC(C)c1ccc(OCCCCn2c(C3CC(=O)N(c4cccc(Br)c4)C3)nc3ccccc32)cc1. The van der Waals surface area contributed by atoms with E-state index in [-0.39, 0.29) is 11.8 Å². The first-order valence-electron chi connectivity index (χ1n) is 12.7. The molecule has 4 aromatic rings. The highest BCUT2D eigenvalue weighted by atomic mass is 79.9. The minimum Gasteiger partial charge on any atom is -0.494 e. The number of rotatable bonds is 9. The van der Waals surface area contributed by atoms with E-state index in [4.69, 9.17) is 9.72 Å². The van der Waals surface area contributed by atoms with Crippen LogP contribution in [0.25, 0.3) is 11.0 Å². The number of amides is 1. The lowest BCUT2D eigenvalue weighted by molar-refractivity contribution is -0.117. The van der Waals surface area contributed by atoms with E-state index in [1.807, 2.05) is 35.2 Å². The number of nitrogens with zero attached hydrogens (tertiary/aromatic N) is 3. The van der Waals surface area contributed by atoms with Crippen LogP contribution in [0, 0.1) is 0 Å². The Morgan fingerprint density at radius 2 is 1.83 bits per heavy atom. The summed E-state index contributed by atoms with van der Waals surface area (Å²) in [6.07, 6.45) is 2.41. The van der Waals surface area contributed by atoms with Crippen molar-refractivity contribution in [2.24, 2.45) is 0 Å². The van der Waals surface area contributed by atoms with Crippen molar-refractivity contribution in [2.75, 3.05) is 18.1 Å². The Labute approximate surface area is 221 Å². The summed E-state index contributed by atoms with van der Waals surface area (Å²) in [7, 11) is 0. The van der Waals surface area contributed by atoms with Crippen LogP contribution in [0.1, 0.15) is 56.3 Å². The van der Waals surface area contributed by atoms with Gasteiger partial charge in [-0.3, -0.25) is 4.79 Å². The molecule has 0 aliphatic carbocycles. The van der Waals surface area contributed by atoms with Crippen molar-refractivity contribution < 1.29 is 9.53 Å². The zero-order valence-corrected chi connectivity index (χ0v) is 22.4. The van der Waals surface area contributed by atoms with Crippen molar-refractivity contribution in [3.05, 3.63) is 88.7 Å². The van der Waals surface area contributed by atoms with Gasteiger partial charge in [-0.2, -0.15) is 0 Å². The van der Waals surface area contributed by atoms with Crippen molar-refractivity contribution in [3.8, 4) is 5.75 Å². The molecule has 0 N–H and O–H groups in total. The monoisotopic (exact) mass is 545 g/mol. The number of halogens is 1. The van der Waals surface area contributed by atoms with Crippen LogP contribution >= 0.6 is 15.9 Å². The van der Waals surface area contributed by atoms with Crippen LogP contribution in [0.3, 0.4) is 0 Å². The van der Waals surface area contributed by atoms with Crippen LogP contribution in [0.5, 0.6) is 5.75 Å². The molecule has 5 rings (SSSR count). The van der Waals surface area contributed by atoms with E-state index in [1.54, 1.807) is 0 Å². The molecule has 0 bridgehead atoms. The number of carbonyl (C=O) groups is 1. The van der Waals surface area contributed by atoms with Crippen LogP contribution in [0.15, 0.2) is 77.3 Å². The molecule has 1 saturated heterocycles. The van der Waals surface area contributed by atoms with Gasteiger partial charge in [-0.1, -0.05) is 60.1 Å². The number of hydrogen-bond acceptors (Lipinski definition) is 3. The quantitative estimate of drug-likeness (QED) is 0.207. The van der Waals surface area contributed by atoms with Crippen LogP contribution in [0.4, 0.5) is 5.69 Å². The normalized spacial score (nSPS) is 15.8. The Morgan fingerprint density at radius 3 is 2.61 bits per heavy atom. The minimum absolute atomic E-state index is 0.0691. The number of aromatic nitrogens is 2. The van der Waals surface area contributed by atoms with Crippen molar-refractivity contribution >= 4 is 38.6 Å². The first-order valence-corrected chi connectivity index (χ1v) is 13.5. The topological polar surface area (TPSA) is 47.4 Å². The number of unbranched alkanes of at least 4 members (excludes halogenated alkanes) is 1. The minimum atomic E-state index is 0.0691. The number of hydrogen-bond donors (Lipinski definition) is 0. The number of benzene rings is 3. The van der Waals surface area contributed by atoms with E-state index >= 15 is 0 Å². The second kappa shape index (κ2) is 10.9. The zero-order chi connectivity index (χ0) is 25.1. The molecule has 1 aliphatic heterocycles. The lowest BCUT2D eigenvalue weighted by atomic mass is 10.0. The van der Waals surface area contributed by atoms with Gasteiger partial charge in [-0.05, 0) is 66.8 Å². The Balaban J connectivity index is 1.26. The molecule has 1 amide bonds. The van der Waals surface area contributed by atoms with Gasteiger partial charge in [0.1, 0.15) is 11.6 Å². The Bertz CT molecular complexity index is 1350. The predicted molar refractivity (Wildman–Crippen MR) is 149 cm³/mol. The van der Waals surface area contributed by atoms with Crippen molar-refractivity contribution in [2.45, 2.75) is 51.5 Å². The van der Waals surface area contributed by atoms with Crippen LogP contribution in [0.2, 0.25) is 0 Å². The number of carbonyl (C=O) groups excluding carboxylic acids is 1. The number of para-hydroxylation sites is 2. The van der Waals surface area contributed by atoms with E-state index in [1.165, 1.54) is 5.56 Å². The molecule has 5 nitrogen and oxygen atoms in total. The predicted octanol–water partition coefficient (Wildman–Crippen LogP) is 7.30. The van der Waals surface area contributed by atoms with E-state index in [0.29, 0.717) is 25.5 Å². The fraction of sp³-hybridized carbons (Fsp3) is 0.333. The molecule has 2 heterocycles. The molecule has 36 heavy (non-hydrogen) atoms. The van der Waals surface area contributed by atoms with Gasteiger partial charge in [-0.25, -0.2) is 4.98 Å². The molecule has 6 heteroatoms. The van der Waals surface area contributed by atoms with E-state index < -0.39 is 0 Å². The average molecular weight is 547 g/mol. The highest BCUT2D eigenvalue weighted by molar-refractivity contribution is 9.10. The van der Waals surface area contributed by atoms with Gasteiger partial charge in [-0.15, -0.1) is 0 Å². The molecule has 0 saturated carbocycles. The highest BCUT2D eigenvalue weighted by Gasteiger charge is 2.34. The summed E-state index contributed by atoms with van der Waals surface area (Å²) in [5.74, 6) is 2.67. The van der Waals surface area contributed by atoms with Crippen molar-refractivity contribution in [3.63, 3.8) is 0 Å². The molecule has 1 fully saturated rings. The van der Waals surface area contributed by atoms with Gasteiger partial charge in [0.2, 0.25) is 5.91 Å². The highest BCUT2D eigenvalue weighted by Crippen LogP contribution is 2.34. The standard InChI is InChI=1S/C30H32BrN3O2/c1-21(2)22-12-14-26(15-13-22)36-17-6-5-16-33-28-11-4-3-10-27(28)32-30(33)23-18-29(35)34(20-23)25-9-7-8-24(31)19-25/h3-4,7-15,19,21,23H,5-6,16-18,20H2,1-2H3. The summed E-state index contributed by atoms with van der Waals surface area (Å²) in [4.78, 5) is 19.8. The average Bonchev–Trinajstić information content (AvgIpc) is 3.44. The molecule has 186 valence electrons. The molecular weight excluding hydrogens is 514 g/mol. The van der Waals surface area contributed by atoms with Gasteiger partial charge < -0.3 is 14.2 Å². The van der Waals surface area contributed by atoms with E-state index in [2.05, 4.69) is 76.8 Å². The Kier molecular flexibility index (Phi) is 7.42. The summed E-state index contributed by atoms with van der Waals surface area (Å²) < 4.78 is 9.27. The molecule has 3 aromatic carbocycles. The summed E-state index contributed by atoms with van der Waals surface area (Å²) in [5.41, 5.74) is 4.37. The molecule has 0 radical (unpaired) electrons. The van der Waals surface area contributed by atoms with Gasteiger partial charge in [0.25, 0.3) is 0 Å². The van der Waals surface area contributed by atoms with E-state index in [9.17, 15) is 4.79 Å². The second-order valence-corrected chi connectivity index (χ2v) is 10.7. The maximum Gasteiger partial charge on any atom is 0.227 e. The van der Waals surface area contributed by atoms with Crippen LogP contribution in [-0.2, 0) is 11.3 Å². The fourth-order valence-corrected chi connectivity index (χ4v) is 5.31. The number of ether oxygens (including phenoxy) is 1. The Hall–Kier alpha value is -3.12. The first kappa shape index (κ1) is 24.6. The molecule has 1 aliphatic rings. The van der Waals surface area contributed by atoms with Gasteiger partial charge in [0.15, 0.2) is 0 Å². The van der Waals surface area contributed by atoms with Crippen molar-refractivity contribution in [1.29, 1.82) is 0 Å². The number of aryl methyl sites for hydroxylation is 1. The molecule has 0 spiro atoms. The zero-order valence-electron chi connectivity index (χ0n) is 20.9. The second-order valence-electron chi connectivity index (χ2n) is 9.77.